The van der Waals surface area contributed by atoms with Crippen LogP contribution in [0.4, 0.5) is 0 Å². The van der Waals surface area contributed by atoms with Crippen LogP contribution in [0.15, 0.2) is 24.3 Å². The van der Waals surface area contributed by atoms with Crippen LogP contribution in [0.25, 0.3) is 0 Å². The van der Waals surface area contributed by atoms with Crippen LogP contribution in [-0.2, 0) is 14.3 Å². The fourth-order valence-electron chi connectivity index (χ4n) is 2.57. The highest BCUT2D eigenvalue weighted by Gasteiger charge is 2.23. The molecule has 0 aliphatic heterocycles. The van der Waals surface area contributed by atoms with Gasteiger partial charge in [0.25, 0.3) is 11.8 Å². The van der Waals surface area contributed by atoms with Gasteiger partial charge in [0, 0.05) is 5.56 Å². The Balaban J connectivity index is 1.70. The summed E-state index contributed by atoms with van der Waals surface area (Å²) in [5, 5.41) is 0. The van der Waals surface area contributed by atoms with Crippen molar-refractivity contribution < 1.29 is 23.9 Å². The lowest BCUT2D eigenvalue weighted by molar-refractivity contribution is -0.153. The number of hydrazine groups is 1. The summed E-state index contributed by atoms with van der Waals surface area (Å²) in [6.07, 6.45) is 4.80. The molecule has 7 heteroatoms. The van der Waals surface area contributed by atoms with Crippen LogP contribution < -0.4 is 15.6 Å². The molecule has 2 N–H and O–H groups in total. The van der Waals surface area contributed by atoms with E-state index in [1.165, 1.54) is 7.11 Å². The van der Waals surface area contributed by atoms with Gasteiger partial charge < -0.3 is 9.47 Å². The number of carbonyl (C=O) groups is 3. The lowest BCUT2D eigenvalue weighted by Gasteiger charge is -2.19. The average Bonchev–Trinajstić information content (AvgIpc) is 2.64. The summed E-state index contributed by atoms with van der Waals surface area (Å²) in [4.78, 5) is 35.3. The van der Waals surface area contributed by atoms with Crippen LogP contribution in [0.3, 0.4) is 0 Å². The summed E-state index contributed by atoms with van der Waals surface area (Å²) in [6, 6.07) is 6.43. The van der Waals surface area contributed by atoms with Gasteiger partial charge in [0.1, 0.15) is 5.75 Å². The van der Waals surface area contributed by atoms with E-state index in [2.05, 4.69) is 10.9 Å². The third-order valence-electron chi connectivity index (χ3n) is 3.95. The van der Waals surface area contributed by atoms with Crippen molar-refractivity contribution in [3.63, 3.8) is 0 Å². The van der Waals surface area contributed by atoms with E-state index in [-0.39, 0.29) is 11.9 Å². The maximum atomic E-state index is 11.9. The molecule has 24 heavy (non-hydrogen) atoms. The molecule has 2 amide bonds. The molecular formula is C17H22N2O5. The monoisotopic (exact) mass is 334 g/mol. The minimum absolute atomic E-state index is 0.111. The minimum Gasteiger partial charge on any atom is -0.497 e. The first-order chi connectivity index (χ1) is 11.6. The summed E-state index contributed by atoms with van der Waals surface area (Å²) in [6.45, 7) is -0.405. The first kappa shape index (κ1) is 17.8. The zero-order valence-corrected chi connectivity index (χ0v) is 13.7. The number of benzene rings is 1. The van der Waals surface area contributed by atoms with Gasteiger partial charge in [0.05, 0.1) is 13.0 Å². The van der Waals surface area contributed by atoms with Crippen LogP contribution in [0.2, 0.25) is 0 Å². The van der Waals surface area contributed by atoms with E-state index in [4.69, 9.17) is 9.47 Å². The Kier molecular flexibility index (Phi) is 6.60. The Labute approximate surface area is 140 Å². The number of carbonyl (C=O) groups excluding carboxylic acids is 3. The zero-order valence-electron chi connectivity index (χ0n) is 13.7. The molecule has 1 fully saturated rings. The Bertz CT molecular complexity index is 579. The quantitative estimate of drug-likeness (QED) is 0.630. The second kappa shape index (κ2) is 8.90. The van der Waals surface area contributed by atoms with Crippen LogP contribution in [-0.4, -0.2) is 31.5 Å². The molecule has 2 rings (SSSR count). The molecule has 7 nitrogen and oxygen atoms in total. The van der Waals surface area contributed by atoms with Crippen molar-refractivity contribution >= 4 is 17.8 Å². The molecule has 0 atom stereocenters. The average molecular weight is 334 g/mol. The van der Waals surface area contributed by atoms with Gasteiger partial charge in [-0.25, -0.2) is 0 Å². The van der Waals surface area contributed by atoms with E-state index >= 15 is 0 Å². The summed E-state index contributed by atoms with van der Waals surface area (Å²) in [7, 11) is 1.53. The van der Waals surface area contributed by atoms with Crippen LogP contribution in [0, 0.1) is 5.92 Å². The molecule has 0 heterocycles. The Morgan fingerprint density at radius 3 is 2.33 bits per heavy atom. The fraction of sp³-hybridized carbons (Fsp3) is 0.471. The fourth-order valence-corrected chi connectivity index (χ4v) is 2.57. The molecule has 0 unspecified atom stereocenters. The second-order valence-corrected chi connectivity index (χ2v) is 5.67. The molecule has 1 saturated carbocycles. The topological polar surface area (TPSA) is 93.7 Å². The lowest BCUT2D eigenvalue weighted by Crippen LogP contribution is -2.43. The molecule has 1 aromatic carbocycles. The van der Waals surface area contributed by atoms with Gasteiger partial charge in [0.15, 0.2) is 6.61 Å². The molecule has 0 spiro atoms. The van der Waals surface area contributed by atoms with Crippen molar-refractivity contribution in [3.8, 4) is 5.75 Å². The first-order valence-electron chi connectivity index (χ1n) is 8.00. The van der Waals surface area contributed by atoms with Gasteiger partial charge in [-0.3, -0.25) is 25.2 Å². The summed E-state index contributed by atoms with van der Waals surface area (Å²) in [5.41, 5.74) is 4.86. The first-order valence-corrected chi connectivity index (χ1v) is 8.00. The number of rotatable bonds is 5. The van der Waals surface area contributed by atoms with E-state index < -0.39 is 18.4 Å². The predicted molar refractivity (Wildman–Crippen MR) is 86.1 cm³/mol. The molecule has 0 aromatic heterocycles. The SMILES string of the molecule is COc1ccc(C(=O)NNC(=O)COC(=O)C2CCCCC2)cc1. The molecular weight excluding hydrogens is 312 g/mol. The summed E-state index contributed by atoms with van der Waals surface area (Å²) >= 11 is 0. The largest absolute Gasteiger partial charge is 0.497 e. The maximum Gasteiger partial charge on any atom is 0.309 e. The maximum absolute atomic E-state index is 11.9. The Hall–Kier alpha value is -2.57. The molecule has 1 aliphatic rings. The van der Waals surface area contributed by atoms with E-state index in [1.54, 1.807) is 24.3 Å². The van der Waals surface area contributed by atoms with Gasteiger partial charge in [-0.1, -0.05) is 19.3 Å². The minimum atomic E-state index is -0.582. The van der Waals surface area contributed by atoms with Crippen molar-refractivity contribution in [2.45, 2.75) is 32.1 Å². The second-order valence-electron chi connectivity index (χ2n) is 5.67. The Morgan fingerprint density at radius 1 is 1.04 bits per heavy atom. The third kappa shape index (κ3) is 5.26. The number of ether oxygens (including phenoxy) is 2. The van der Waals surface area contributed by atoms with E-state index in [9.17, 15) is 14.4 Å². The molecule has 0 radical (unpaired) electrons. The molecule has 0 bridgehead atoms. The highest BCUT2D eigenvalue weighted by Crippen LogP contribution is 2.24. The molecule has 0 saturated heterocycles. The zero-order chi connectivity index (χ0) is 17.4. The summed E-state index contributed by atoms with van der Waals surface area (Å²) in [5.74, 6) is -0.873. The van der Waals surface area contributed by atoms with Crippen molar-refractivity contribution in [1.29, 1.82) is 0 Å². The lowest BCUT2D eigenvalue weighted by atomic mass is 9.89. The van der Waals surface area contributed by atoms with Crippen molar-refractivity contribution in [1.82, 2.24) is 10.9 Å². The van der Waals surface area contributed by atoms with E-state index in [1.807, 2.05) is 0 Å². The predicted octanol–water partition coefficient (Wildman–Crippen LogP) is 1.58. The van der Waals surface area contributed by atoms with Gasteiger partial charge >= 0.3 is 5.97 Å². The number of amides is 2. The van der Waals surface area contributed by atoms with Crippen LogP contribution in [0.1, 0.15) is 42.5 Å². The Morgan fingerprint density at radius 2 is 1.71 bits per heavy atom. The highest BCUT2D eigenvalue weighted by molar-refractivity contribution is 5.95. The normalized spacial score (nSPS) is 14.5. The smallest absolute Gasteiger partial charge is 0.309 e. The standard InChI is InChI=1S/C17H22N2O5/c1-23-14-9-7-12(8-10-14)16(21)19-18-15(20)11-24-17(22)13-5-3-2-4-6-13/h7-10,13H,2-6,11H2,1H3,(H,18,20)(H,19,21). The van der Waals surface area contributed by atoms with Crippen molar-refractivity contribution in [3.05, 3.63) is 29.8 Å². The van der Waals surface area contributed by atoms with Crippen LogP contribution >= 0.6 is 0 Å². The third-order valence-corrected chi connectivity index (χ3v) is 3.95. The molecule has 1 aromatic rings. The van der Waals surface area contributed by atoms with Crippen molar-refractivity contribution in [2.75, 3.05) is 13.7 Å². The number of hydrogen-bond acceptors (Lipinski definition) is 5. The van der Waals surface area contributed by atoms with Gasteiger partial charge in [-0.05, 0) is 37.1 Å². The van der Waals surface area contributed by atoms with E-state index in [0.29, 0.717) is 11.3 Å². The highest BCUT2D eigenvalue weighted by atomic mass is 16.5. The van der Waals surface area contributed by atoms with Crippen LogP contribution in [0.5, 0.6) is 5.75 Å². The molecule has 1 aliphatic carbocycles. The molecule has 130 valence electrons. The summed E-state index contributed by atoms with van der Waals surface area (Å²) < 4.78 is 9.99. The number of esters is 1. The number of nitrogens with one attached hydrogen (secondary N) is 2. The van der Waals surface area contributed by atoms with Crippen molar-refractivity contribution in [2.24, 2.45) is 5.92 Å². The van der Waals surface area contributed by atoms with Gasteiger partial charge in [0.2, 0.25) is 0 Å². The van der Waals surface area contributed by atoms with E-state index in [0.717, 1.165) is 32.1 Å². The van der Waals surface area contributed by atoms with Gasteiger partial charge in [-0.15, -0.1) is 0 Å². The number of hydrogen-bond donors (Lipinski definition) is 2. The number of methoxy groups -OCH3 is 1. The van der Waals surface area contributed by atoms with Gasteiger partial charge in [-0.2, -0.15) is 0 Å².